The molecule has 2 aromatic carbocycles. The lowest BCUT2D eigenvalue weighted by atomic mass is 9.82. The van der Waals surface area contributed by atoms with Crippen LogP contribution in [0.15, 0.2) is 46.9 Å². The molecule has 4 aliphatic rings. The molecule has 0 bridgehead atoms. The quantitative estimate of drug-likeness (QED) is 0.264. The van der Waals surface area contributed by atoms with Gasteiger partial charge >= 0.3 is 0 Å². The first kappa shape index (κ1) is 33.3. The van der Waals surface area contributed by atoms with Crippen LogP contribution < -0.4 is 9.80 Å². The van der Waals surface area contributed by atoms with Crippen LogP contribution in [0.5, 0.6) is 0 Å². The third-order valence-corrected chi connectivity index (χ3v) is 13.5. The van der Waals surface area contributed by atoms with Gasteiger partial charge in [0.05, 0.1) is 37.4 Å². The summed E-state index contributed by atoms with van der Waals surface area (Å²) in [5.41, 5.74) is 1.06. The van der Waals surface area contributed by atoms with Gasteiger partial charge in [-0.3, -0.25) is 14.4 Å². The fraction of sp³-hybridized carbons (Fsp3) is 0.571. The molecule has 1 spiro atoms. The van der Waals surface area contributed by atoms with Crippen molar-refractivity contribution in [3.05, 3.63) is 58.1 Å². The topological polar surface area (TPSA) is 90.4 Å². The van der Waals surface area contributed by atoms with E-state index in [1.807, 2.05) is 54.3 Å². The van der Waals surface area contributed by atoms with Crippen molar-refractivity contribution in [3.8, 4) is 0 Å². The number of rotatable bonds is 7. The van der Waals surface area contributed by atoms with Gasteiger partial charge in [-0.2, -0.15) is 0 Å². The molecule has 0 unspecified atom stereocenters. The van der Waals surface area contributed by atoms with Gasteiger partial charge in [-0.25, -0.2) is 0 Å². The Morgan fingerprint density at radius 1 is 1.09 bits per heavy atom. The smallest absolute Gasteiger partial charge is 0.264 e. The highest BCUT2D eigenvalue weighted by molar-refractivity contribution is 9.10. The van der Waals surface area contributed by atoms with E-state index in [4.69, 9.17) is 4.74 Å². The van der Waals surface area contributed by atoms with Crippen LogP contribution in [0, 0.1) is 5.92 Å². The first-order valence-electron chi connectivity index (χ1n) is 16.7. The summed E-state index contributed by atoms with van der Waals surface area (Å²) in [6.45, 7) is 6.56. The van der Waals surface area contributed by atoms with E-state index in [1.54, 1.807) is 22.9 Å². The molecule has 0 saturated carbocycles. The standard InChI is InChI=1S/C35H45BrFN3O5Si/c1-23-33(46(2,3)37)30(20-32(43)39-17-9-12-27(39)22-41)45-35(23)28-19-25(36)14-15-29(28)40(34(35)44)21-24-10-8-11-26(18-24)38-16-7-5-4-6-13-31(38)42/h8,10-11,14-15,18-19,23,27,30,33,41H,4-7,9,12-13,16-17,20-22H2,1-3H3/t23-,27-,30+,33-,35+/m0/s1. The Morgan fingerprint density at radius 2 is 1.87 bits per heavy atom. The number of ether oxygens (including phenoxy) is 1. The van der Waals surface area contributed by atoms with Gasteiger partial charge < -0.3 is 28.7 Å². The molecule has 6 rings (SSSR count). The van der Waals surface area contributed by atoms with Crippen molar-refractivity contribution in [2.24, 2.45) is 5.92 Å². The largest absolute Gasteiger partial charge is 0.394 e. The fourth-order valence-corrected chi connectivity index (χ4v) is 11.3. The SMILES string of the molecule is C[C@H]1[C@H]([Si](C)(C)F)[C@@H](CC(=O)N2CCC[C@H]2CO)O[C@]12C(=O)N(Cc1cccc(N3CCCCCCC3=O)c1)c1ccc(Br)cc12. The number of aliphatic hydroxyl groups excluding tert-OH is 1. The molecule has 3 fully saturated rings. The van der Waals surface area contributed by atoms with Crippen molar-refractivity contribution in [3.63, 3.8) is 0 Å². The molecule has 0 radical (unpaired) electrons. The number of hydrogen-bond donors (Lipinski definition) is 1. The van der Waals surface area contributed by atoms with Crippen molar-refractivity contribution in [2.75, 3.05) is 29.5 Å². The zero-order chi connectivity index (χ0) is 32.8. The Balaban J connectivity index is 1.33. The zero-order valence-electron chi connectivity index (χ0n) is 27.0. The third-order valence-electron chi connectivity index (χ3n) is 10.6. The summed E-state index contributed by atoms with van der Waals surface area (Å²) < 4.78 is 23.8. The molecule has 0 aliphatic carbocycles. The van der Waals surface area contributed by atoms with E-state index in [2.05, 4.69) is 15.9 Å². The first-order valence-corrected chi connectivity index (χ1v) is 20.5. The van der Waals surface area contributed by atoms with Crippen molar-refractivity contribution in [1.29, 1.82) is 0 Å². The van der Waals surface area contributed by atoms with Crippen LogP contribution in [0.1, 0.15) is 69.4 Å². The molecule has 4 heterocycles. The number of likely N-dealkylation sites (tertiary alicyclic amines) is 1. The van der Waals surface area contributed by atoms with E-state index in [1.165, 1.54) is 0 Å². The maximum Gasteiger partial charge on any atom is 0.264 e. The maximum absolute atomic E-state index is 16.3. The second-order valence-electron chi connectivity index (χ2n) is 14.0. The second kappa shape index (κ2) is 13.1. The highest BCUT2D eigenvalue weighted by atomic mass is 79.9. The minimum Gasteiger partial charge on any atom is -0.394 e. The number of aliphatic hydroxyl groups is 1. The van der Waals surface area contributed by atoms with Gasteiger partial charge in [0.2, 0.25) is 20.2 Å². The molecule has 3 saturated heterocycles. The lowest BCUT2D eigenvalue weighted by molar-refractivity contribution is -0.150. The lowest BCUT2D eigenvalue weighted by Gasteiger charge is -2.31. The zero-order valence-corrected chi connectivity index (χ0v) is 29.6. The molecule has 5 atom stereocenters. The minimum absolute atomic E-state index is 0.0316. The van der Waals surface area contributed by atoms with E-state index in [0.29, 0.717) is 30.8 Å². The van der Waals surface area contributed by atoms with E-state index in [9.17, 15) is 19.5 Å². The first-order chi connectivity index (χ1) is 22.0. The number of anilines is 2. The molecule has 248 valence electrons. The lowest BCUT2D eigenvalue weighted by Crippen LogP contribution is -2.45. The molecule has 8 nitrogen and oxygen atoms in total. The van der Waals surface area contributed by atoms with Gasteiger partial charge in [-0.05, 0) is 74.7 Å². The second-order valence-corrected chi connectivity index (χ2v) is 18.7. The van der Waals surface area contributed by atoms with Gasteiger partial charge in [-0.1, -0.05) is 47.8 Å². The number of benzene rings is 2. The maximum atomic E-state index is 16.3. The van der Waals surface area contributed by atoms with Crippen LogP contribution in [0.4, 0.5) is 15.5 Å². The Bertz CT molecular complexity index is 1500. The summed E-state index contributed by atoms with van der Waals surface area (Å²) >= 11 is 3.59. The Labute approximate surface area is 280 Å². The molecule has 1 N–H and O–H groups in total. The van der Waals surface area contributed by atoms with Crippen LogP contribution in [0.2, 0.25) is 18.6 Å². The summed E-state index contributed by atoms with van der Waals surface area (Å²) in [6.07, 6.45) is 5.32. The Hall–Kier alpha value is -2.60. The highest BCUT2D eigenvalue weighted by Gasteiger charge is 2.67. The van der Waals surface area contributed by atoms with E-state index < -0.39 is 31.6 Å². The summed E-state index contributed by atoms with van der Waals surface area (Å²) in [5.74, 6) is -0.810. The van der Waals surface area contributed by atoms with Crippen LogP contribution >= 0.6 is 15.9 Å². The van der Waals surface area contributed by atoms with Gasteiger partial charge in [0, 0.05) is 46.7 Å². The van der Waals surface area contributed by atoms with Gasteiger partial charge in [-0.15, -0.1) is 0 Å². The normalized spacial score (nSPS) is 28.6. The third kappa shape index (κ3) is 5.97. The number of fused-ring (bicyclic) bond motifs is 2. The molecule has 3 amide bonds. The molecule has 2 aromatic rings. The van der Waals surface area contributed by atoms with Gasteiger partial charge in [0.15, 0.2) is 5.60 Å². The Morgan fingerprint density at radius 3 is 2.63 bits per heavy atom. The van der Waals surface area contributed by atoms with Crippen molar-refractivity contribution in [1.82, 2.24) is 4.90 Å². The molecular weight excluding hydrogens is 669 g/mol. The summed E-state index contributed by atoms with van der Waals surface area (Å²) in [4.78, 5) is 46.6. The predicted octanol–water partition coefficient (Wildman–Crippen LogP) is 6.44. The van der Waals surface area contributed by atoms with Crippen molar-refractivity contribution < 1.29 is 28.3 Å². The Kier molecular flexibility index (Phi) is 9.50. The van der Waals surface area contributed by atoms with Crippen molar-refractivity contribution >= 4 is 53.4 Å². The summed E-state index contributed by atoms with van der Waals surface area (Å²) in [6, 6.07) is 13.3. The fourth-order valence-electron chi connectivity index (χ4n) is 8.46. The minimum atomic E-state index is -3.44. The molecular formula is C35H45BrFN3O5Si. The number of nitrogens with zero attached hydrogens (tertiary/aromatic N) is 3. The van der Waals surface area contributed by atoms with E-state index in [-0.39, 0.29) is 43.3 Å². The van der Waals surface area contributed by atoms with Gasteiger partial charge in [0.25, 0.3) is 5.91 Å². The van der Waals surface area contributed by atoms with Crippen LogP contribution in [0.25, 0.3) is 0 Å². The number of carbonyl (C=O) groups excluding carboxylic acids is 3. The highest BCUT2D eigenvalue weighted by Crippen LogP contribution is 2.60. The predicted molar refractivity (Wildman–Crippen MR) is 182 cm³/mol. The molecule has 0 aromatic heterocycles. The molecule has 4 aliphatic heterocycles. The van der Waals surface area contributed by atoms with Crippen molar-refractivity contribution in [2.45, 2.75) is 101 Å². The summed E-state index contributed by atoms with van der Waals surface area (Å²) in [5, 5.41) is 9.83. The van der Waals surface area contributed by atoms with E-state index >= 15 is 4.11 Å². The van der Waals surface area contributed by atoms with Crippen LogP contribution in [-0.4, -0.2) is 68.0 Å². The van der Waals surface area contributed by atoms with Crippen LogP contribution in [-0.2, 0) is 31.3 Å². The number of halogens is 2. The van der Waals surface area contributed by atoms with Crippen LogP contribution in [0.3, 0.4) is 0 Å². The number of carbonyl (C=O) groups is 3. The summed E-state index contributed by atoms with van der Waals surface area (Å²) in [7, 11) is -3.44. The van der Waals surface area contributed by atoms with Gasteiger partial charge in [0.1, 0.15) is 0 Å². The molecule has 46 heavy (non-hydrogen) atoms. The number of amides is 3. The average Bonchev–Trinajstić information content (AvgIpc) is 3.66. The van der Waals surface area contributed by atoms with E-state index in [0.717, 1.165) is 54.2 Å². The molecule has 11 heteroatoms. The number of hydrogen-bond acceptors (Lipinski definition) is 5. The average molecular weight is 715 g/mol. The monoisotopic (exact) mass is 713 g/mol.